The average molecular weight is 456 g/mol. The summed E-state index contributed by atoms with van der Waals surface area (Å²) in [6, 6.07) is 4.76. The summed E-state index contributed by atoms with van der Waals surface area (Å²) < 4.78 is 0. The third kappa shape index (κ3) is 4.67. The quantitative estimate of drug-likeness (QED) is 0.653. The Bertz CT molecular complexity index is 925. The van der Waals surface area contributed by atoms with Crippen LogP contribution in [0.2, 0.25) is 0 Å². The van der Waals surface area contributed by atoms with Gasteiger partial charge in [0.05, 0.1) is 12.6 Å². The Labute approximate surface area is 194 Å². The summed E-state index contributed by atoms with van der Waals surface area (Å²) in [7, 11) is 0. The zero-order valence-corrected chi connectivity index (χ0v) is 19.3. The van der Waals surface area contributed by atoms with Gasteiger partial charge < -0.3 is 25.8 Å². The van der Waals surface area contributed by atoms with Crippen molar-refractivity contribution in [1.29, 1.82) is 0 Å². The number of hydrogen-bond acceptors (Lipinski definition) is 5. The van der Waals surface area contributed by atoms with Crippen LogP contribution < -0.4 is 11.1 Å². The van der Waals surface area contributed by atoms with E-state index in [0.29, 0.717) is 30.6 Å². The SMILES string of the molecule is CC(C)CC(NC(=O)c1ccc(N)cc1)C(=O)N1CCC2C1C(=O)CN2C(=O)N1CCCC1. The Balaban J connectivity index is 1.48. The van der Waals surface area contributed by atoms with Crippen LogP contribution in [0.1, 0.15) is 49.9 Å². The van der Waals surface area contributed by atoms with Gasteiger partial charge in [-0.25, -0.2) is 4.79 Å². The van der Waals surface area contributed by atoms with E-state index in [1.807, 2.05) is 13.8 Å². The van der Waals surface area contributed by atoms with Gasteiger partial charge in [0, 0.05) is 30.9 Å². The molecule has 3 aliphatic rings. The molecule has 0 radical (unpaired) electrons. The van der Waals surface area contributed by atoms with Crippen molar-refractivity contribution in [1.82, 2.24) is 20.0 Å². The fourth-order valence-corrected chi connectivity index (χ4v) is 5.19. The number of carbonyl (C=O) groups excluding carboxylic acids is 4. The van der Waals surface area contributed by atoms with Crippen LogP contribution >= 0.6 is 0 Å². The lowest BCUT2D eigenvalue weighted by atomic mass is 10.0. The molecule has 0 spiro atoms. The predicted octanol–water partition coefficient (Wildman–Crippen LogP) is 1.48. The van der Waals surface area contributed by atoms with E-state index in [0.717, 1.165) is 25.9 Å². The smallest absolute Gasteiger partial charge is 0.320 e. The molecule has 0 aliphatic carbocycles. The van der Waals surface area contributed by atoms with Gasteiger partial charge in [0.15, 0.2) is 5.78 Å². The Morgan fingerprint density at radius 1 is 1.06 bits per heavy atom. The van der Waals surface area contributed by atoms with E-state index in [1.54, 1.807) is 39.0 Å². The second kappa shape index (κ2) is 9.41. The summed E-state index contributed by atoms with van der Waals surface area (Å²) in [6.07, 6.45) is 2.99. The van der Waals surface area contributed by atoms with Gasteiger partial charge in [-0.15, -0.1) is 0 Å². The molecule has 4 amide bonds. The van der Waals surface area contributed by atoms with Crippen LogP contribution in [0.5, 0.6) is 0 Å². The predicted molar refractivity (Wildman–Crippen MR) is 123 cm³/mol. The number of likely N-dealkylation sites (tertiary alicyclic amines) is 3. The lowest BCUT2D eigenvalue weighted by molar-refractivity contribution is -0.138. The molecule has 3 fully saturated rings. The van der Waals surface area contributed by atoms with E-state index in [2.05, 4.69) is 5.32 Å². The van der Waals surface area contributed by atoms with Gasteiger partial charge in [0.25, 0.3) is 5.91 Å². The monoisotopic (exact) mass is 455 g/mol. The number of nitrogen functional groups attached to an aromatic ring is 1. The third-order valence-electron chi connectivity index (χ3n) is 6.81. The number of Topliss-reactive ketones (excluding diaryl/α,β-unsaturated/α-hetero) is 1. The molecule has 1 aromatic rings. The highest BCUT2D eigenvalue weighted by Gasteiger charge is 2.53. The fourth-order valence-electron chi connectivity index (χ4n) is 5.19. The first-order valence-electron chi connectivity index (χ1n) is 11.8. The van der Waals surface area contributed by atoms with Crippen LogP contribution in [-0.2, 0) is 9.59 Å². The molecule has 0 bridgehead atoms. The van der Waals surface area contributed by atoms with Crippen LogP contribution in [0.25, 0.3) is 0 Å². The summed E-state index contributed by atoms with van der Waals surface area (Å²) in [4.78, 5) is 57.2. The van der Waals surface area contributed by atoms with E-state index in [9.17, 15) is 19.2 Å². The van der Waals surface area contributed by atoms with Crippen molar-refractivity contribution in [2.24, 2.45) is 5.92 Å². The average Bonchev–Trinajstić information content (AvgIpc) is 3.51. The summed E-state index contributed by atoms with van der Waals surface area (Å²) in [6.45, 7) is 5.85. The molecule has 4 rings (SSSR count). The highest BCUT2D eigenvalue weighted by Crippen LogP contribution is 2.32. The number of hydrogen-bond donors (Lipinski definition) is 2. The van der Waals surface area contributed by atoms with Crippen LogP contribution in [0, 0.1) is 5.92 Å². The molecule has 0 aromatic heterocycles. The first-order chi connectivity index (χ1) is 15.8. The molecular formula is C24H33N5O4. The Kier molecular flexibility index (Phi) is 6.58. The Morgan fingerprint density at radius 2 is 1.73 bits per heavy atom. The Hall–Kier alpha value is -3.10. The number of nitrogens with zero attached hydrogens (tertiary/aromatic N) is 3. The van der Waals surface area contributed by atoms with Gasteiger partial charge in [-0.2, -0.15) is 0 Å². The minimum atomic E-state index is -0.745. The second-order valence-electron chi connectivity index (χ2n) is 9.68. The lowest BCUT2D eigenvalue weighted by Crippen LogP contribution is -2.53. The topological polar surface area (TPSA) is 116 Å². The van der Waals surface area contributed by atoms with Gasteiger partial charge in [0.1, 0.15) is 12.1 Å². The van der Waals surface area contributed by atoms with Gasteiger partial charge in [-0.1, -0.05) is 13.8 Å². The number of anilines is 1. The summed E-state index contributed by atoms with van der Waals surface area (Å²) in [5, 5.41) is 2.86. The molecule has 3 heterocycles. The molecule has 3 saturated heterocycles. The molecule has 0 saturated carbocycles. The molecule has 1 aromatic carbocycles. The van der Waals surface area contributed by atoms with E-state index >= 15 is 0 Å². The highest BCUT2D eigenvalue weighted by atomic mass is 16.2. The first kappa shape index (κ1) is 23.1. The molecule has 9 nitrogen and oxygen atoms in total. The van der Waals surface area contributed by atoms with Gasteiger partial charge in [-0.05, 0) is 55.9 Å². The number of urea groups is 1. The first-order valence-corrected chi connectivity index (χ1v) is 11.8. The molecule has 9 heteroatoms. The molecule has 178 valence electrons. The maximum Gasteiger partial charge on any atom is 0.320 e. The summed E-state index contributed by atoms with van der Waals surface area (Å²) >= 11 is 0. The number of rotatable bonds is 5. The Morgan fingerprint density at radius 3 is 2.36 bits per heavy atom. The second-order valence-corrected chi connectivity index (χ2v) is 9.68. The summed E-state index contributed by atoms with van der Waals surface area (Å²) in [5.41, 5.74) is 6.68. The van der Waals surface area contributed by atoms with E-state index < -0.39 is 12.1 Å². The van der Waals surface area contributed by atoms with Crippen LogP contribution in [0.3, 0.4) is 0 Å². The van der Waals surface area contributed by atoms with E-state index in [-0.39, 0.29) is 42.1 Å². The highest BCUT2D eigenvalue weighted by molar-refractivity contribution is 6.00. The van der Waals surface area contributed by atoms with Crippen molar-refractivity contribution in [2.75, 3.05) is 31.9 Å². The number of ketones is 1. The fraction of sp³-hybridized carbons (Fsp3) is 0.583. The van der Waals surface area contributed by atoms with Gasteiger partial charge >= 0.3 is 6.03 Å². The molecule has 33 heavy (non-hydrogen) atoms. The maximum absolute atomic E-state index is 13.5. The van der Waals surface area contributed by atoms with Crippen molar-refractivity contribution in [2.45, 2.75) is 57.7 Å². The third-order valence-corrected chi connectivity index (χ3v) is 6.81. The molecular weight excluding hydrogens is 422 g/mol. The number of amides is 4. The van der Waals surface area contributed by atoms with Crippen molar-refractivity contribution < 1.29 is 19.2 Å². The maximum atomic E-state index is 13.5. The molecule has 3 atom stereocenters. The van der Waals surface area contributed by atoms with E-state index in [1.165, 1.54) is 0 Å². The zero-order chi connectivity index (χ0) is 23.7. The van der Waals surface area contributed by atoms with Crippen molar-refractivity contribution in [3.05, 3.63) is 29.8 Å². The summed E-state index contributed by atoms with van der Waals surface area (Å²) in [5.74, 6) is -0.555. The zero-order valence-electron chi connectivity index (χ0n) is 19.3. The largest absolute Gasteiger partial charge is 0.399 e. The number of carbonyl (C=O) groups is 4. The van der Waals surface area contributed by atoms with Crippen LogP contribution in [0.4, 0.5) is 10.5 Å². The molecule has 3 unspecified atom stereocenters. The number of nitrogens with two attached hydrogens (primary N) is 1. The van der Waals surface area contributed by atoms with Crippen molar-refractivity contribution >= 4 is 29.3 Å². The van der Waals surface area contributed by atoms with Gasteiger partial charge in [0.2, 0.25) is 5.91 Å². The van der Waals surface area contributed by atoms with Gasteiger partial charge in [-0.3, -0.25) is 14.4 Å². The standard InChI is InChI=1S/C24H33N5O4/c1-15(2)13-18(26-22(31)16-5-7-17(25)8-6-16)23(32)28-12-9-19-21(28)20(30)14-29(19)24(33)27-10-3-4-11-27/h5-8,15,18-19,21H,3-4,9-14,25H2,1-2H3,(H,26,31). The van der Waals surface area contributed by atoms with Crippen molar-refractivity contribution in [3.63, 3.8) is 0 Å². The van der Waals surface area contributed by atoms with Crippen LogP contribution in [-0.4, -0.2) is 82.6 Å². The number of nitrogens with one attached hydrogen (secondary N) is 1. The van der Waals surface area contributed by atoms with Crippen LogP contribution in [0.15, 0.2) is 24.3 Å². The lowest BCUT2D eigenvalue weighted by Gasteiger charge is -2.30. The van der Waals surface area contributed by atoms with E-state index in [4.69, 9.17) is 5.73 Å². The van der Waals surface area contributed by atoms with Crippen molar-refractivity contribution in [3.8, 4) is 0 Å². The minimum absolute atomic E-state index is 0.0427. The normalized spacial score (nSPS) is 23.2. The molecule has 3 N–H and O–H groups in total. The number of benzene rings is 1. The minimum Gasteiger partial charge on any atom is -0.399 e. The molecule has 3 aliphatic heterocycles. The number of fused-ring (bicyclic) bond motifs is 1.